The fraction of sp³-hybridized carbons (Fsp3) is 0.0769. The molecule has 3 aromatic rings. The molecule has 6 nitrogen and oxygen atoms in total. The van der Waals surface area contributed by atoms with E-state index in [4.69, 9.17) is 10.1 Å². The van der Waals surface area contributed by atoms with Gasteiger partial charge >= 0.3 is 0 Å². The van der Waals surface area contributed by atoms with Crippen LogP contribution in [0.2, 0.25) is 0 Å². The first-order valence-electron chi connectivity index (χ1n) is 10.5. The van der Waals surface area contributed by atoms with Crippen LogP contribution in [0.1, 0.15) is 22.3 Å². The van der Waals surface area contributed by atoms with E-state index in [1.807, 2.05) is 31.2 Å². The Morgan fingerprint density at radius 2 is 1.88 bits per heavy atom. The van der Waals surface area contributed by atoms with Crippen molar-refractivity contribution in [3.8, 4) is 5.75 Å². The highest BCUT2D eigenvalue weighted by atomic mass is 32.2. The Labute approximate surface area is 200 Å². The number of nitrogens with zero attached hydrogens (tertiary/aromatic N) is 3. The lowest BCUT2D eigenvalue weighted by Crippen LogP contribution is -2.35. The summed E-state index contributed by atoms with van der Waals surface area (Å²) in [4.78, 5) is 16.9. The second-order valence-corrected chi connectivity index (χ2v) is 8.70. The highest BCUT2D eigenvalue weighted by Crippen LogP contribution is 2.31. The number of hydrogen-bond donors (Lipinski definition) is 1. The monoisotopic (exact) mass is 470 g/mol. The van der Waals surface area contributed by atoms with Crippen LogP contribution >= 0.6 is 11.8 Å². The highest BCUT2D eigenvalue weighted by Gasteiger charge is 2.36. The van der Waals surface area contributed by atoms with Gasteiger partial charge in [0.1, 0.15) is 23.2 Å². The van der Waals surface area contributed by atoms with Gasteiger partial charge < -0.3 is 4.74 Å². The Balaban J connectivity index is 1.37. The van der Waals surface area contributed by atoms with Crippen molar-refractivity contribution >= 4 is 39.8 Å². The van der Waals surface area contributed by atoms with Crippen molar-refractivity contribution in [1.29, 1.82) is 5.41 Å². The van der Waals surface area contributed by atoms with Gasteiger partial charge in [-0.3, -0.25) is 10.2 Å². The number of thioether (sulfide) groups is 1. The molecule has 34 heavy (non-hydrogen) atoms. The van der Waals surface area contributed by atoms with Crippen LogP contribution in [0, 0.1) is 18.2 Å². The summed E-state index contributed by atoms with van der Waals surface area (Å²) < 4.78 is 19.6. The maximum atomic E-state index is 13.8. The average molecular weight is 471 g/mol. The van der Waals surface area contributed by atoms with Crippen LogP contribution in [0.25, 0.3) is 6.08 Å². The van der Waals surface area contributed by atoms with Gasteiger partial charge in [0.05, 0.1) is 5.57 Å². The molecule has 2 heterocycles. The van der Waals surface area contributed by atoms with Gasteiger partial charge in [0.2, 0.25) is 5.17 Å². The van der Waals surface area contributed by atoms with Crippen LogP contribution in [-0.4, -0.2) is 27.0 Å². The number of halogens is 1. The largest absolute Gasteiger partial charge is 0.489 e. The Morgan fingerprint density at radius 1 is 1.09 bits per heavy atom. The van der Waals surface area contributed by atoms with Gasteiger partial charge in [-0.1, -0.05) is 60.2 Å². The summed E-state index contributed by atoms with van der Waals surface area (Å²) in [6.07, 6.45) is 1.59. The number of fused-ring (bicyclic) bond motifs is 1. The molecule has 168 valence electrons. The lowest BCUT2D eigenvalue weighted by Gasteiger charge is -2.20. The first-order chi connectivity index (χ1) is 16.5. The number of carbonyl (C=O) groups excluding carboxylic acids is 1. The van der Waals surface area contributed by atoms with Crippen LogP contribution in [0.4, 0.5) is 4.39 Å². The average Bonchev–Trinajstić information content (AvgIpc) is 3.26. The van der Waals surface area contributed by atoms with E-state index in [1.54, 1.807) is 48.5 Å². The summed E-state index contributed by atoms with van der Waals surface area (Å²) in [5.74, 6) is -0.346. The Bertz CT molecular complexity index is 1400. The Kier molecular flexibility index (Phi) is 5.81. The lowest BCUT2D eigenvalue weighted by molar-refractivity contribution is -0.114. The summed E-state index contributed by atoms with van der Waals surface area (Å²) in [5.41, 5.74) is 3.27. The van der Waals surface area contributed by atoms with E-state index >= 15 is 0 Å². The van der Waals surface area contributed by atoms with E-state index < -0.39 is 5.91 Å². The number of ether oxygens (including phenoxy) is 1. The molecule has 1 amide bonds. The lowest BCUT2D eigenvalue weighted by atomic mass is 10.1. The number of aryl methyl sites for hydroxylation is 1. The number of rotatable bonds is 5. The van der Waals surface area contributed by atoms with E-state index in [1.165, 1.54) is 22.8 Å². The van der Waals surface area contributed by atoms with E-state index in [-0.39, 0.29) is 23.8 Å². The third-order valence-corrected chi connectivity index (χ3v) is 6.23. The molecule has 0 bridgehead atoms. The maximum Gasteiger partial charge on any atom is 0.283 e. The third kappa shape index (κ3) is 4.40. The summed E-state index contributed by atoms with van der Waals surface area (Å²) in [6, 6.07) is 21.4. The standard InChI is InChI=1S/C26H19FN4O2S/c1-16-9-11-18(12-10-16)25-30-31-23(28)21(24(32)29-26(31)34-25)14-17-5-4-7-20(13-17)33-15-19-6-2-3-8-22(19)27/h2-14,28H,15H2,1H3. The SMILES string of the molecule is Cc1ccc(C2=NN3C(=N)C(=Cc4cccc(OCc5ccccc5F)c4)C(=O)N=C3S2)cc1. The van der Waals surface area contributed by atoms with Crippen molar-refractivity contribution in [2.45, 2.75) is 13.5 Å². The number of amides is 1. The normalized spacial score (nSPS) is 16.4. The van der Waals surface area contributed by atoms with Gasteiger partial charge in [-0.05, 0) is 48.5 Å². The second-order valence-electron chi connectivity index (χ2n) is 7.74. The summed E-state index contributed by atoms with van der Waals surface area (Å²) in [5, 5.41) is 15.5. The van der Waals surface area contributed by atoms with Crippen LogP contribution in [0.5, 0.6) is 5.75 Å². The molecule has 2 aliphatic heterocycles. The topological polar surface area (TPSA) is 78.1 Å². The first-order valence-corrected chi connectivity index (χ1v) is 11.3. The molecule has 0 fully saturated rings. The van der Waals surface area contributed by atoms with Crippen molar-refractivity contribution in [2.75, 3.05) is 0 Å². The molecule has 0 aromatic heterocycles. The summed E-state index contributed by atoms with van der Waals surface area (Å²) >= 11 is 1.26. The van der Waals surface area contributed by atoms with Gasteiger partial charge in [-0.15, -0.1) is 0 Å². The van der Waals surface area contributed by atoms with Crippen molar-refractivity contribution in [3.63, 3.8) is 0 Å². The number of amidine groups is 2. The minimum atomic E-state index is -0.498. The predicted octanol–water partition coefficient (Wildman–Crippen LogP) is 5.38. The third-order valence-electron chi connectivity index (χ3n) is 5.27. The zero-order chi connectivity index (χ0) is 23.7. The van der Waals surface area contributed by atoms with Crippen molar-refractivity contribution in [2.24, 2.45) is 10.1 Å². The van der Waals surface area contributed by atoms with Crippen LogP contribution in [-0.2, 0) is 11.4 Å². The highest BCUT2D eigenvalue weighted by molar-refractivity contribution is 8.27. The minimum Gasteiger partial charge on any atom is -0.489 e. The van der Waals surface area contributed by atoms with E-state index in [0.717, 1.165) is 11.1 Å². The quantitative estimate of drug-likeness (QED) is 0.508. The molecule has 1 N–H and O–H groups in total. The number of aliphatic imine (C=N–C) groups is 1. The zero-order valence-corrected chi connectivity index (χ0v) is 19.0. The molecule has 0 radical (unpaired) electrons. The van der Waals surface area contributed by atoms with Crippen molar-refractivity contribution in [1.82, 2.24) is 5.01 Å². The van der Waals surface area contributed by atoms with E-state index in [0.29, 0.717) is 27.1 Å². The van der Waals surface area contributed by atoms with Gasteiger partial charge in [-0.2, -0.15) is 15.1 Å². The van der Waals surface area contributed by atoms with Crippen molar-refractivity contribution in [3.05, 3.63) is 106 Å². The number of carbonyl (C=O) groups is 1. The molecule has 8 heteroatoms. The van der Waals surface area contributed by atoms with E-state index in [2.05, 4.69) is 10.1 Å². The molecule has 0 saturated heterocycles. The molecular formula is C26H19FN4O2S. The number of hydrogen-bond acceptors (Lipinski definition) is 5. The van der Waals surface area contributed by atoms with Gasteiger partial charge in [0, 0.05) is 11.1 Å². The number of nitrogens with one attached hydrogen (secondary N) is 1. The van der Waals surface area contributed by atoms with Gasteiger partial charge in [0.15, 0.2) is 5.84 Å². The van der Waals surface area contributed by atoms with Gasteiger partial charge in [0.25, 0.3) is 5.91 Å². The maximum absolute atomic E-state index is 13.8. The zero-order valence-electron chi connectivity index (χ0n) is 18.2. The molecular weight excluding hydrogens is 451 g/mol. The first kappa shape index (κ1) is 21.8. The molecule has 0 unspecified atom stereocenters. The molecule has 0 atom stereocenters. The van der Waals surface area contributed by atoms with Crippen molar-refractivity contribution < 1.29 is 13.9 Å². The molecule has 0 aliphatic carbocycles. The molecule has 2 aliphatic rings. The fourth-order valence-electron chi connectivity index (χ4n) is 3.44. The van der Waals surface area contributed by atoms with E-state index in [9.17, 15) is 9.18 Å². The predicted molar refractivity (Wildman–Crippen MR) is 132 cm³/mol. The Morgan fingerprint density at radius 3 is 2.68 bits per heavy atom. The minimum absolute atomic E-state index is 0.0395. The summed E-state index contributed by atoms with van der Waals surface area (Å²) in [7, 11) is 0. The number of hydrazone groups is 1. The molecule has 5 rings (SSSR count). The Hall–Kier alpha value is -4.04. The van der Waals surface area contributed by atoms with Crippen LogP contribution in [0.3, 0.4) is 0 Å². The molecule has 0 saturated carbocycles. The van der Waals surface area contributed by atoms with Crippen LogP contribution < -0.4 is 4.74 Å². The van der Waals surface area contributed by atoms with Gasteiger partial charge in [-0.25, -0.2) is 4.39 Å². The van der Waals surface area contributed by atoms with Crippen LogP contribution in [0.15, 0.2) is 88.5 Å². The summed E-state index contributed by atoms with van der Waals surface area (Å²) in [6.45, 7) is 2.09. The smallest absolute Gasteiger partial charge is 0.283 e. The molecule has 3 aromatic carbocycles. The second kappa shape index (κ2) is 9.07. The fourth-order valence-corrected chi connectivity index (χ4v) is 4.34. The molecule has 0 spiro atoms. The number of benzene rings is 3.